The predicted octanol–water partition coefficient (Wildman–Crippen LogP) is 3.07. The Morgan fingerprint density at radius 1 is 1.55 bits per heavy atom. The number of benzene rings is 1. The van der Waals surface area contributed by atoms with Crippen molar-refractivity contribution < 1.29 is 4.74 Å². The van der Waals surface area contributed by atoms with Gasteiger partial charge in [0.05, 0.1) is 34.7 Å². The molecule has 1 aliphatic rings. The number of rotatable bonds is 3. The fourth-order valence-electron chi connectivity index (χ4n) is 2.80. The Hall–Kier alpha value is -1.57. The van der Waals surface area contributed by atoms with Gasteiger partial charge in [-0.1, -0.05) is 0 Å². The van der Waals surface area contributed by atoms with Gasteiger partial charge in [0, 0.05) is 19.1 Å². The van der Waals surface area contributed by atoms with Gasteiger partial charge in [-0.2, -0.15) is 5.26 Å². The Morgan fingerprint density at radius 3 is 3.05 bits per heavy atom. The number of fused-ring (bicyclic) bond motifs is 1. The lowest BCUT2D eigenvalue weighted by Gasteiger charge is -2.16. The average Bonchev–Trinajstić information content (AvgIpc) is 3.03. The van der Waals surface area contributed by atoms with Crippen LogP contribution in [0.3, 0.4) is 0 Å². The maximum Gasteiger partial charge on any atom is 0.124 e. The van der Waals surface area contributed by atoms with Crippen LogP contribution in [-0.4, -0.2) is 22.3 Å². The average molecular weight is 290 g/mol. The van der Waals surface area contributed by atoms with Crippen molar-refractivity contribution in [2.24, 2.45) is 5.92 Å². The molecular weight excluding hydrogens is 274 g/mol. The molecule has 2 unspecified atom stereocenters. The standard InChI is InChI=1S/C15H16ClN3O/c1-10-12(4-5-20-10)9-19-14-6-11(8-17)2-3-13(14)18-15(19)7-16/h2-3,6,10,12H,4-5,7,9H2,1H3. The van der Waals surface area contributed by atoms with Gasteiger partial charge in [-0.25, -0.2) is 4.98 Å². The van der Waals surface area contributed by atoms with Crippen LogP contribution in [0.2, 0.25) is 0 Å². The van der Waals surface area contributed by atoms with Gasteiger partial charge in [-0.05, 0) is 31.5 Å². The molecule has 2 heterocycles. The van der Waals surface area contributed by atoms with E-state index in [2.05, 4.69) is 22.5 Å². The van der Waals surface area contributed by atoms with Crippen molar-refractivity contribution >= 4 is 22.6 Å². The van der Waals surface area contributed by atoms with E-state index in [-0.39, 0.29) is 6.10 Å². The predicted molar refractivity (Wildman–Crippen MR) is 77.5 cm³/mol. The fourth-order valence-corrected chi connectivity index (χ4v) is 3.00. The van der Waals surface area contributed by atoms with Crippen molar-refractivity contribution in [2.75, 3.05) is 6.61 Å². The number of nitriles is 1. The van der Waals surface area contributed by atoms with E-state index in [0.717, 1.165) is 36.4 Å². The van der Waals surface area contributed by atoms with E-state index < -0.39 is 0 Å². The first-order valence-corrected chi connectivity index (χ1v) is 7.33. The van der Waals surface area contributed by atoms with Crippen molar-refractivity contribution in [3.8, 4) is 6.07 Å². The van der Waals surface area contributed by atoms with E-state index in [1.54, 1.807) is 6.07 Å². The van der Waals surface area contributed by atoms with Crippen LogP contribution < -0.4 is 0 Å². The highest BCUT2D eigenvalue weighted by Crippen LogP contribution is 2.26. The number of alkyl halides is 1. The van der Waals surface area contributed by atoms with Crippen molar-refractivity contribution in [2.45, 2.75) is 31.9 Å². The summed E-state index contributed by atoms with van der Waals surface area (Å²) >= 11 is 6.02. The first kappa shape index (κ1) is 13.4. The molecular formula is C15H16ClN3O. The van der Waals surface area contributed by atoms with Crippen molar-refractivity contribution in [3.63, 3.8) is 0 Å². The topological polar surface area (TPSA) is 50.8 Å². The zero-order valence-electron chi connectivity index (χ0n) is 11.3. The van der Waals surface area contributed by atoms with E-state index >= 15 is 0 Å². The summed E-state index contributed by atoms with van der Waals surface area (Å²) in [7, 11) is 0. The lowest BCUT2D eigenvalue weighted by Crippen LogP contribution is -2.19. The van der Waals surface area contributed by atoms with Crippen molar-refractivity contribution in [3.05, 3.63) is 29.6 Å². The molecule has 1 aliphatic heterocycles. The van der Waals surface area contributed by atoms with Crippen LogP contribution in [-0.2, 0) is 17.2 Å². The van der Waals surface area contributed by atoms with E-state index in [1.807, 2.05) is 12.1 Å². The number of halogens is 1. The van der Waals surface area contributed by atoms with Gasteiger partial charge in [0.25, 0.3) is 0 Å². The van der Waals surface area contributed by atoms with Crippen LogP contribution >= 0.6 is 11.6 Å². The smallest absolute Gasteiger partial charge is 0.124 e. The normalized spacial score (nSPS) is 22.2. The maximum absolute atomic E-state index is 9.05. The molecule has 1 aromatic heterocycles. The van der Waals surface area contributed by atoms with E-state index in [9.17, 15) is 0 Å². The lowest BCUT2D eigenvalue weighted by atomic mass is 10.0. The minimum atomic E-state index is 0.259. The van der Waals surface area contributed by atoms with E-state index in [1.165, 1.54) is 0 Å². The van der Waals surface area contributed by atoms with Crippen LogP contribution in [0.15, 0.2) is 18.2 Å². The number of hydrogen-bond donors (Lipinski definition) is 0. The molecule has 2 aromatic rings. The van der Waals surface area contributed by atoms with Gasteiger partial charge in [0.2, 0.25) is 0 Å². The molecule has 4 nitrogen and oxygen atoms in total. The van der Waals surface area contributed by atoms with Crippen molar-refractivity contribution in [1.82, 2.24) is 9.55 Å². The fraction of sp³-hybridized carbons (Fsp3) is 0.467. The number of hydrogen-bond acceptors (Lipinski definition) is 3. The number of imidazole rings is 1. The molecule has 1 saturated heterocycles. The highest BCUT2D eigenvalue weighted by molar-refractivity contribution is 6.16. The molecule has 0 N–H and O–H groups in total. The van der Waals surface area contributed by atoms with Gasteiger partial charge in [-0.15, -0.1) is 11.6 Å². The molecule has 20 heavy (non-hydrogen) atoms. The number of aromatic nitrogens is 2. The van der Waals surface area contributed by atoms with Crippen LogP contribution in [0.4, 0.5) is 0 Å². The molecule has 0 spiro atoms. The van der Waals surface area contributed by atoms with E-state index in [4.69, 9.17) is 21.6 Å². The molecule has 0 radical (unpaired) electrons. The van der Waals surface area contributed by atoms with Crippen molar-refractivity contribution in [1.29, 1.82) is 5.26 Å². The summed E-state index contributed by atoms with van der Waals surface area (Å²) in [5.41, 5.74) is 2.53. The molecule has 5 heteroatoms. The summed E-state index contributed by atoms with van der Waals surface area (Å²) < 4.78 is 7.76. The monoisotopic (exact) mass is 289 g/mol. The van der Waals surface area contributed by atoms with Gasteiger partial charge in [-0.3, -0.25) is 0 Å². The lowest BCUT2D eigenvalue weighted by molar-refractivity contribution is 0.102. The Balaban J connectivity index is 2.04. The Labute approximate surface area is 122 Å². The van der Waals surface area contributed by atoms with Crippen LogP contribution in [0.5, 0.6) is 0 Å². The molecule has 2 atom stereocenters. The zero-order valence-corrected chi connectivity index (χ0v) is 12.1. The molecule has 3 rings (SSSR count). The minimum Gasteiger partial charge on any atom is -0.378 e. The third-order valence-electron chi connectivity index (χ3n) is 4.03. The Morgan fingerprint density at radius 2 is 2.40 bits per heavy atom. The SMILES string of the molecule is CC1OCCC1Cn1c(CCl)nc2ccc(C#N)cc21. The highest BCUT2D eigenvalue weighted by atomic mass is 35.5. The molecule has 0 saturated carbocycles. The van der Waals surface area contributed by atoms with Crippen LogP contribution in [0, 0.1) is 17.2 Å². The highest BCUT2D eigenvalue weighted by Gasteiger charge is 2.26. The van der Waals surface area contributed by atoms with Gasteiger partial charge in [0.15, 0.2) is 0 Å². The summed E-state index contributed by atoms with van der Waals surface area (Å²) in [6, 6.07) is 7.74. The maximum atomic E-state index is 9.05. The zero-order chi connectivity index (χ0) is 14.1. The summed E-state index contributed by atoms with van der Waals surface area (Å²) in [5.74, 6) is 1.70. The summed E-state index contributed by atoms with van der Waals surface area (Å²) in [5, 5.41) is 9.05. The Bertz CT molecular complexity index is 674. The summed E-state index contributed by atoms with van der Waals surface area (Å²) in [6.45, 7) is 3.77. The second-order valence-electron chi connectivity index (χ2n) is 5.21. The molecule has 104 valence electrons. The second kappa shape index (κ2) is 5.43. The summed E-state index contributed by atoms with van der Waals surface area (Å²) in [6.07, 6.45) is 1.32. The Kier molecular flexibility index (Phi) is 3.64. The third kappa shape index (κ3) is 2.28. The molecule has 1 fully saturated rings. The van der Waals surface area contributed by atoms with Crippen LogP contribution in [0.1, 0.15) is 24.7 Å². The largest absolute Gasteiger partial charge is 0.378 e. The van der Waals surface area contributed by atoms with E-state index in [0.29, 0.717) is 17.4 Å². The first-order valence-electron chi connectivity index (χ1n) is 6.79. The molecule has 0 amide bonds. The first-order chi connectivity index (χ1) is 9.72. The third-order valence-corrected chi connectivity index (χ3v) is 4.27. The van der Waals surface area contributed by atoms with Gasteiger partial charge >= 0.3 is 0 Å². The molecule has 0 bridgehead atoms. The second-order valence-corrected chi connectivity index (χ2v) is 5.48. The number of nitrogens with zero attached hydrogens (tertiary/aromatic N) is 3. The van der Waals surface area contributed by atoms with Gasteiger partial charge in [0.1, 0.15) is 5.82 Å². The van der Waals surface area contributed by atoms with Crippen LogP contribution in [0.25, 0.3) is 11.0 Å². The van der Waals surface area contributed by atoms with Gasteiger partial charge < -0.3 is 9.30 Å². The minimum absolute atomic E-state index is 0.259. The quantitative estimate of drug-likeness (QED) is 0.816. The number of ether oxygens (including phenoxy) is 1. The molecule has 1 aromatic carbocycles. The molecule has 0 aliphatic carbocycles. The summed E-state index contributed by atoms with van der Waals surface area (Å²) in [4.78, 5) is 4.55.